The minimum absolute atomic E-state index is 0.0377. The van der Waals surface area contributed by atoms with Crippen molar-refractivity contribution in [1.82, 2.24) is 0 Å². The summed E-state index contributed by atoms with van der Waals surface area (Å²) in [6.45, 7) is 5.09. The molecule has 0 amide bonds. The summed E-state index contributed by atoms with van der Waals surface area (Å²) in [4.78, 5) is 13.6. The zero-order chi connectivity index (χ0) is 18.3. The highest BCUT2D eigenvalue weighted by Crippen LogP contribution is 2.38. The first-order valence-electron chi connectivity index (χ1n) is 7.45. The van der Waals surface area contributed by atoms with Crippen LogP contribution >= 0.6 is 11.6 Å². The molecule has 0 aliphatic carbocycles. The Bertz CT molecular complexity index is 628. The Morgan fingerprint density at radius 1 is 1.25 bits per heavy atom. The third-order valence-corrected chi connectivity index (χ3v) is 3.76. The van der Waals surface area contributed by atoms with Crippen molar-refractivity contribution in [1.29, 1.82) is 0 Å². The van der Waals surface area contributed by atoms with Crippen molar-refractivity contribution in [3.63, 3.8) is 0 Å². The van der Waals surface area contributed by atoms with Crippen LogP contribution in [0.4, 0.5) is 18.9 Å². The molecule has 1 heterocycles. The van der Waals surface area contributed by atoms with Crippen molar-refractivity contribution >= 4 is 23.3 Å². The number of alkyl halides is 3. The van der Waals surface area contributed by atoms with Gasteiger partial charge in [0.15, 0.2) is 0 Å². The number of benzene rings is 1. The number of carbonyl (C=O) groups is 1. The highest BCUT2D eigenvalue weighted by Gasteiger charge is 2.40. The summed E-state index contributed by atoms with van der Waals surface area (Å²) in [5.41, 5.74) is -1.63. The summed E-state index contributed by atoms with van der Waals surface area (Å²) in [6, 6.07) is 2.11. The van der Waals surface area contributed by atoms with Gasteiger partial charge in [-0.05, 0) is 51.8 Å². The van der Waals surface area contributed by atoms with Crippen LogP contribution in [0.1, 0.15) is 39.2 Å². The predicted octanol–water partition coefficient (Wildman–Crippen LogP) is 3.99. The van der Waals surface area contributed by atoms with Gasteiger partial charge < -0.3 is 14.7 Å². The van der Waals surface area contributed by atoms with E-state index < -0.39 is 35.6 Å². The van der Waals surface area contributed by atoms with Crippen molar-refractivity contribution in [3.05, 3.63) is 28.8 Å². The van der Waals surface area contributed by atoms with Crippen molar-refractivity contribution in [2.45, 2.75) is 57.7 Å². The summed E-state index contributed by atoms with van der Waals surface area (Å²) in [7, 11) is 0. The number of anilines is 1. The lowest BCUT2D eigenvalue weighted by atomic mass is 10.1. The lowest BCUT2D eigenvalue weighted by Crippen LogP contribution is -2.44. The van der Waals surface area contributed by atoms with Crippen LogP contribution in [0, 0.1) is 0 Å². The summed E-state index contributed by atoms with van der Waals surface area (Å²) < 4.78 is 44.2. The summed E-state index contributed by atoms with van der Waals surface area (Å²) in [5, 5.41) is 10.0. The molecule has 1 fully saturated rings. The topological polar surface area (TPSA) is 49.8 Å². The van der Waals surface area contributed by atoms with E-state index in [0.717, 1.165) is 12.1 Å². The Morgan fingerprint density at radius 2 is 1.88 bits per heavy atom. The van der Waals surface area contributed by atoms with Gasteiger partial charge in [0.2, 0.25) is 0 Å². The fourth-order valence-electron chi connectivity index (χ4n) is 2.63. The van der Waals surface area contributed by atoms with Crippen LogP contribution in [0.15, 0.2) is 18.2 Å². The van der Waals surface area contributed by atoms with Gasteiger partial charge in [0, 0.05) is 10.7 Å². The maximum atomic E-state index is 13.0. The number of carbonyl (C=O) groups excluding carboxylic acids is 1. The Balaban J connectivity index is 2.37. The highest BCUT2D eigenvalue weighted by atomic mass is 35.5. The van der Waals surface area contributed by atoms with Crippen LogP contribution in [-0.4, -0.2) is 28.9 Å². The standard InChI is InChI=1S/C16H19ClF3NO3/c1-15(2,3)24-14(23)12-4-5-13(22)21(12)11-7-9(16(18,19)20)6-10(17)8-11/h6-8,12-13,22H,4-5H2,1-3H3/t12-,13-/m1/s1. The molecule has 4 nitrogen and oxygen atoms in total. The van der Waals surface area contributed by atoms with Crippen LogP contribution in [0.5, 0.6) is 0 Å². The molecule has 0 bridgehead atoms. The molecule has 1 aliphatic rings. The molecule has 0 radical (unpaired) electrons. The molecule has 0 unspecified atom stereocenters. The van der Waals surface area contributed by atoms with Crippen molar-refractivity contribution in [3.8, 4) is 0 Å². The smallest absolute Gasteiger partial charge is 0.416 e. The van der Waals surface area contributed by atoms with Crippen LogP contribution in [0.2, 0.25) is 5.02 Å². The molecule has 0 aromatic heterocycles. The zero-order valence-electron chi connectivity index (χ0n) is 13.5. The number of halogens is 4. The number of hydrogen-bond donors (Lipinski definition) is 1. The first-order chi connectivity index (χ1) is 10.9. The molecule has 2 rings (SSSR count). The molecule has 134 valence electrons. The maximum Gasteiger partial charge on any atom is 0.416 e. The second-order valence-corrected chi connectivity index (χ2v) is 7.15. The van der Waals surface area contributed by atoms with Gasteiger partial charge in [-0.25, -0.2) is 4.79 Å². The first-order valence-corrected chi connectivity index (χ1v) is 7.83. The number of nitrogens with zero attached hydrogens (tertiary/aromatic N) is 1. The van der Waals surface area contributed by atoms with E-state index in [-0.39, 0.29) is 23.6 Å². The molecule has 1 aromatic carbocycles. The molecule has 1 aromatic rings. The summed E-state index contributed by atoms with van der Waals surface area (Å²) >= 11 is 5.79. The van der Waals surface area contributed by atoms with E-state index in [1.165, 1.54) is 11.0 Å². The second-order valence-electron chi connectivity index (χ2n) is 6.71. The summed E-state index contributed by atoms with van der Waals surface area (Å²) in [6.07, 6.45) is -5.13. The van der Waals surface area contributed by atoms with E-state index in [1.807, 2.05) is 0 Å². The maximum absolute atomic E-state index is 13.0. The van der Waals surface area contributed by atoms with E-state index >= 15 is 0 Å². The minimum Gasteiger partial charge on any atom is -0.458 e. The number of hydrogen-bond acceptors (Lipinski definition) is 4. The van der Waals surface area contributed by atoms with Crippen LogP contribution in [-0.2, 0) is 15.7 Å². The fourth-order valence-corrected chi connectivity index (χ4v) is 2.86. The number of rotatable bonds is 2. The quantitative estimate of drug-likeness (QED) is 0.805. The normalized spacial score (nSPS) is 21.9. The summed E-state index contributed by atoms with van der Waals surface area (Å²) in [5.74, 6) is -0.590. The van der Waals surface area contributed by atoms with Gasteiger partial charge in [0.1, 0.15) is 17.9 Å². The average Bonchev–Trinajstić information content (AvgIpc) is 2.77. The van der Waals surface area contributed by atoms with Gasteiger partial charge in [0.05, 0.1) is 5.56 Å². The molecule has 24 heavy (non-hydrogen) atoms. The number of aliphatic hydroxyl groups is 1. The molecular weight excluding hydrogens is 347 g/mol. The number of aliphatic hydroxyl groups excluding tert-OH is 1. The van der Waals surface area contributed by atoms with Crippen LogP contribution < -0.4 is 4.90 Å². The molecule has 1 aliphatic heterocycles. The van der Waals surface area contributed by atoms with Gasteiger partial charge in [-0.15, -0.1) is 0 Å². The van der Waals surface area contributed by atoms with Gasteiger partial charge in [-0.3, -0.25) is 0 Å². The molecule has 0 saturated carbocycles. The molecule has 8 heteroatoms. The monoisotopic (exact) mass is 365 g/mol. The van der Waals surface area contributed by atoms with Crippen molar-refractivity contribution in [2.24, 2.45) is 0 Å². The number of ether oxygens (including phenoxy) is 1. The first kappa shape index (κ1) is 18.9. The minimum atomic E-state index is -4.58. The van der Waals surface area contributed by atoms with Gasteiger partial charge in [-0.2, -0.15) is 13.2 Å². The Morgan fingerprint density at radius 3 is 2.42 bits per heavy atom. The van der Waals surface area contributed by atoms with E-state index in [2.05, 4.69) is 0 Å². The van der Waals surface area contributed by atoms with Crippen LogP contribution in [0.3, 0.4) is 0 Å². The van der Waals surface area contributed by atoms with Gasteiger partial charge in [0.25, 0.3) is 0 Å². The van der Waals surface area contributed by atoms with Crippen molar-refractivity contribution < 1.29 is 27.8 Å². The lowest BCUT2D eigenvalue weighted by molar-refractivity contribution is -0.156. The van der Waals surface area contributed by atoms with E-state index in [0.29, 0.717) is 0 Å². The molecular formula is C16H19ClF3NO3. The largest absolute Gasteiger partial charge is 0.458 e. The van der Waals surface area contributed by atoms with E-state index in [9.17, 15) is 23.1 Å². The molecule has 1 N–H and O–H groups in total. The van der Waals surface area contributed by atoms with E-state index in [4.69, 9.17) is 16.3 Å². The fraction of sp³-hybridized carbons (Fsp3) is 0.562. The second kappa shape index (κ2) is 6.44. The Kier molecular flexibility index (Phi) is 5.06. The van der Waals surface area contributed by atoms with Crippen LogP contribution in [0.25, 0.3) is 0 Å². The molecule has 0 spiro atoms. The number of esters is 1. The van der Waals surface area contributed by atoms with Gasteiger partial charge in [-0.1, -0.05) is 11.6 Å². The Hall–Kier alpha value is -1.47. The van der Waals surface area contributed by atoms with Gasteiger partial charge >= 0.3 is 12.1 Å². The average molecular weight is 366 g/mol. The third-order valence-electron chi connectivity index (χ3n) is 3.54. The molecule has 1 saturated heterocycles. The highest BCUT2D eigenvalue weighted by molar-refractivity contribution is 6.31. The lowest BCUT2D eigenvalue weighted by Gasteiger charge is -2.31. The Labute approximate surface area is 143 Å². The SMILES string of the molecule is CC(C)(C)OC(=O)[C@H]1CC[C@@H](O)N1c1cc(Cl)cc(C(F)(F)F)c1. The molecule has 2 atom stereocenters. The van der Waals surface area contributed by atoms with E-state index in [1.54, 1.807) is 20.8 Å². The zero-order valence-corrected chi connectivity index (χ0v) is 14.3. The third kappa shape index (κ3) is 4.33. The van der Waals surface area contributed by atoms with Crippen molar-refractivity contribution in [2.75, 3.05) is 4.90 Å². The predicted molar refractivity (Wildman–Crippen MR) is 83.8 cm³/mol.